The van der Waals surface area contributed by atoms with Crippen LogP contribution in [0.4, 0.5) is 0 Å². The molecule has 1 fully saturated rings. The van der Waals surface area contributed by atoms with Crippen molar-refractivity contribution in [3.63, 3.8) is 0 Å². The molecule has 21 heavy (non-hydrogen) atoms. The Bertz CT molecular complexity index is 399. The first kappa shape index (κ1) is 16.3. The van der Waals surface area contributed by atoms with Gasteiger partial charge >= 0.3 is 0 Å². The second-order valence-electron chi connectivity index (χ2n) is 6.00. The Morgan fingerprint density at radius 2 is 1.81 bits per heavy atom. The number of phenols is 1. The molecule has 2 N–H and O–H groups in total. The highest BCUT2D eigenvalue weighted by Gasteiger charge is 2.13. The van der Waals surface area contributed by atoms with E-state index in [1.54, 1.807) is 12.1 Å². The van der Waals surface area contributed by atoms with Crippen molar-refractivity contribution in [3.8, 4) is 5.75 Å². The van der Waals surface area contributed by atoms with Gasteiger partial charge in [0.2, 0.25) is 0 Å². The lowest BCUT2D eigenvalue weighted by Crippen LogP contribution is -2.45. The van der Waals surface area contributed by atoms with Gasteiger partial charge in [0.25, 0.3) is 0 Å². The average molecular weight is 291 g/mol. The van der Waals surface area contributed by atoms with E-state index in [1.807, 2.05) is 12.1 Å². The van der Waals surface area contributed by atoms with Crippen molar-refractivity contribution in [1.82, 2.24) is 15.1 Å². The van der Waals surface area contributed by atoms with Gasteiger partial charge in [-0.2, -0.15) is 0 Å². The first-order valence-electron chi connectivity index (χ1n) is 8.12. The molecule has 1 heterocycles. The second-order valence-corrected chi connectivity index (χ2v) is 6.00. The van der Waals surface area contributed by atoms with Gasteiger partial charge < -0.3 is 20.2 Å². The molecular formula is C17H29N3O. The Balaban J connectivity index is 1.67. The molecule has 4 nitrogen and oxygen atoms in total. The summed E-state index contributed by atoms with van der Waals surface area (Å²) in [5.41, 5.74) is 1.26. The second kappa shape index (κ2) is 8.37. The number of phenolic OH excluding ortho intramolecular Hbond substituents is 1. The molecule has 0 aliphatic carbocycles. The molecule has 1 aliphatic rings. The summed E-state index contributed by atoms with van der Waals surface area (Å²) in [5, 5.41) is 13.0. The van der Waals surface area contributed by atoms with Gasteiger partial charge in [-0.15, -0.1) is 0 Å². The fourth-order valence-electron chi connectivity index (χ4n) is 2.85. The first-order chi connectivity index (χ1) is 10.2. The molecule has 2 rings (SSSR count). The molecule has 0 spiro atoms. The average Bonchev–Trinajstić information content (AvgIpc) is 2.50. The van der Waals surface area contributed by atoms with Crippen LogP contribution in [0.15, 0.2) is 24.3 Å². The third-order valence-corrected chi connectivity index (χ3v) is 4.34. The predicted molar refractivity (Wildman–Crippen MR) is 87.7 cm³/mol. The van der Waals surface area contributed by atoms with Crippen LogP contribution in [0.2, 0.25) is 0 Å². The van der Waals surface area contributed by atoms with E-state index in [4.69, 9.17) is 0 Å². The highest BCUT2D eigenvalue weighted by molar-refractivity contribution is 5.27. The van der Waals surface area contributed by atoms with E-state index in [-0.39, 0.29) is 0 Å². The summed E-state index contributed by atoms with van der Waals surface area (Å²) in [5.74, 6) is 0.337. The van der Waals surface area contributed by atoms with Crippen molar-refractivity contribution in [2.24, 2.45) is 0 Å². The van der Waals surface area contributed by atoms with Crippen molar-refractivity contribution in [2.45, 2.75) is 25.8 Å². The molecule has 0 amide bonds. The third-order valence-electron chi connectivity index (χ3n) is 4.34. The van der Waals surface area contributed by atoms with Crippen molar-refractivity contribution < 1.29 is 5.11 Å². The Hall–Kier alpha value is -1.10. The van der Waals surface area contributed by atoms with Gasteiger partial charge in [0, 0.05) is 32.2 Å². The van der Waals surface area contributed by atoms with Crippen LogP contribution in [-0.4, -0.2) is 61.2 Å². The Morgan fingerprint density at radius 3 is 2.43 bits per heavy atom. The number of nitrogens with zero attached hydrogens (tertiary/aromatic N) is 2. The monoisotopic (exact) mass is 291 g/mol. The summed E-state index contributed by atoms with van der Waals surface area (Å²) in [6.07, 6.45) is 2.26. The van der Waals surface area contributed by atoms with Crippen molar-refractivity contribution in [1.29, 1.82) is 0 Å². The molecule has 1 atom stereocenters. The zero-order valence-electron chi connectivity index (χ0n) is 13.4. The maximum Gasteiger partial charge on any atom is 0.115 e. The largest absolute Gasteiger partial charge is 0.508 e. The van der Waals surface area contributed by atoms with Gasteiger partial charge in [0.05, 0.1) is 0 Å². The van der Waals surface area contributed by atoms with Crippen LogP contribution in [0.3, 0.4) is 0 Å². The molecule has 0 aromatic heterocycles. The summed E-state index contributed by atoms with van der Waals surface area (Å²) in [7, 11) is 2.20. The number of rotatable bonds is 7. The molecular weight excluding hydrogens is 262 g/mol. The maximum absolute atomic E-state index is 9.36. The van der Waals surface area contributed by atoms with Crippen molar-refractivity contribution in [3.05, 3.63) is 29.8 Å². The zero-order chi connectivity index (χ0) is 15.1. The SMILES string of the molecule is CCC(NCCCN1CCN(C)CC1)c1ccc(O)cc1. The van der Waals surface area contributed by atoms with E-state index in [1.165, 1.54) is 44.7 Å². The number of likely N-dealkylation sites (N-methyl/N-ethyl adjacent to an activating group) is 1. The minimum Gasteiger partial charge on any atom is -0.508 e. The summed E-state index contributed by atoms with van der Waals surface area (Å²) in [4.78, 5) is 4.95. The standard InChI is InChI=1S/C17H29N3O/c1-3-17(15-5-7-16(21)8-6-15)18-9-4-10-20-13-11-19(2)12-14-20/h5-8,17-18,21H,3-4,9-14H2,1-2H3. The fourth-order valence-corrected chi connectivity index (χ4v) is 2.85. The zero-order valence-corrected chi connectivity index (χ0v) is 13.4. The predicted octanol–water partition coefficient (Wildman–Crippen LogP) is 2.07. The Labute approximate surface area is 128 Å². The number of hydrogen-bond acceptors (Lipinski definition) is 4. The van der Waals surface area contributed by atoms with Crippen LogP contribution in [0.1, 0.15) is 31.4 Å². The smallest absolute Gasteiger partial charge is 0.115 e. The van der Waals surface area contributed by atoms with E-state index in [2.05, 4.69) is 29.1 Å². The topological polar surface area (TPSA) is 38.7 Å². The van der Waals surface area contributed by atoms with Gasteiger partial charge in [-0.05, 0) is 50.7 Å². The summed E-state index contributed by atoms with van der Waals surface area (Å²) in [6, 6.07) is 7.94. The molecule has 1 saturated heterocycles. The van der Waals surface area contributed by atoms with Gasteiger partial charge in [-0.25, -0.2) is 0 Å². The molecule has 0 saturated carbocycles. The fraction of sp³-hybridized carbons (Fsp3) is 0.647. The molecule has 1 unspecified atom stereocenters. The van der Waals surface area contributed by atoms with Crippen molar-refractivity contribution in [2.75, 3.05) is 46.3 Å². The molecule has 1 aromatic carbocycles. The van der Waals surface area contributed by atoms with E-state index < -0.39 is 0 Å². The summed E-state index contributed by atoms with van der Waals surface area (Å²) < 4.78 is 0. The molecule has 0 radical (unpaired) electrons. The van der Waals surface area contributed by atoms with E-state index in [9.17, 15) is 5.11 Å². The van der Waals surface area contributed by atoms with Gasteiger partial charge in [-0.3, -0.25) is 0 Å². The van der Waals surface area contributed by atoms with Gasteiger partial charge in [-0.1, -0.05) is 19.1 Å². The highest BCUT2D eigenvalue weighted by Crippen LogP contribution is 2.19. The minimum absolute atomic E-state index is 0.337. The lowest BCUT2D eigenvalue weighted by molar-refractivity contribution is 0.152. The summed E-state index contributed by atoms with van der Waals surface area (Å²) in [6.45, 7) is 9.22. The Kier molecular flexibility index (Phi) is 6.49. The molecule has 0 bridgehead atoms. The lowest BCUT2D eigenvalue weighted by atomic mass is 10.0. The van der Waals surface area contributed by atoms with Crippen LogP contribution >= 0.6 is 0 Å². The van der Waals surface area contributed by atoms with Gasteiger partial charge in [0.15, 0.2) is 0 Å². The number of hydrogen-bond donors (Lipinski definition) is 2. The summed E-state index contributed by atoms with van der Waals surface area (Å²) >= 11 is 0. The highest BCUT2D eigenvalue weighted by atomic mass is 16.3. The molecule has 1 aromatic rings. The maximum atomic E-state index is 9.36. The van der Waals surface area contributed by atoms with Crippen molar-refractivity contribution >= 4 is 0 Å². The first-order valence-corrected chi connectivity index (χ1v) is 8.12. The van der Waals surface area contributed by atoms with Gasteiger partial charge in [0.1, 0.15) is 5.75 Å². The van der Waals surface area contributed by atoms with Crippen LogP contribution in [0, 0.1) is 0 Å². The number of piperazine rings is 1. The Morgan fingerprint density at radius 1 is 1.14 bits per heavy atom. The molecule has 118 valence electrons. The van der Waals surface area contributed by atoms with Crippen LogP contribution in [0.25, 0.3) is 0 Å². The van der Waals surface area contributed by atoms with Crippen LogP contribution in [0.5, 0.6) is 5.75 Å². The number of benzene rings is 1. The number of nitrogens with one attached hydrogen (secondary N) is 1. The van der Waals surface area contributed by atoms with Crippen LogP contribution in [-0.2, 0) is 0 Å². The third kappa shape index (κ3) is 5.30. The number of aromatic hydroxyl groups is 1. The molecule has 4 heteroatoms. The van der Waals surface area contributed by atoms with Crippen LogP contribution < -0.4 is 5.32 Å². The minimum atomic E-state index is 0.337. The molecule has 1 aliphatic heterocycles. The van der Waals surface area contributed by atoms with E-state index >= 15 is 0 Å². The quantitative estimate of drug-likeness (QED) is 0.754. The van der Waals surface area contributed by atoms with E-state index in [0.29, 0.717) is 11.8 Å². The lowest BCUT2D eigenvalue weighted by Gasteiger charge is -2.32. The normalized spacial score (nSPS) is 18.8. The van der Waals surface area contributed by atoms with E-state index in [0.717, 1.165) is 13.0 Å².